The molecule has 1 spiro atoms. The SMILES string of the molecule is COc1cccc(CN2CCC3(CC2)OCCN3Cc2cccc(OC)c2)c1. The van der Waals surface area contributed by atoms with E-state index in [1.165, 1.54) is 11.1 Å². The molecule has 4 rings (SSSR count). The molecule has 2 fully saturated rings. The van der Waals surface area contributed by atoms with Crippen molar-refractivity contribution in [1.29, 1.82) is 0 Å². The molecule has 0 N–H and O–H groups in total. The molecule has 5 nitrogen and oxygen atoms in total. The number of likely N-dealkylation sites (tertiary alicyclic amines) is 1. The third-order valence-electron chi connectivity index (χ3n) is 5.99. The van der Waals surface area contributed by atoms with Crippen molar-refractivity contribution in [3.8, 4) is 11.5 Å². The molecule has 2 aliphatic rings. The fourth-order valence-corrected chi connectivity index (χ4v) is 4.41. The Hall–Kier alpha value is -2.08. The van der Waals surface area contributed by atoms with E-state index in [2.05, 4.69) is 46.2 Å². The van der Waals surface area contributed by atoms with Crippen molar-refractivity contribution in [3.05, 3.63) is 59.7 Å². The van der Waals surface area contributed by atoms with Crippen LogP contribution in [0.15, 0.2) is 48.5 Å². The summed E-state index contributed by atoms with van der Waals surface area (Å²) in [6.07, 6.45) is 2.09. The number of piperidine rings is 1. The van der Waals surface area contributed by atoms with Gasteiger partial charge in [-0.1, -0.05) is 24.3 Å². The number of ether oxygens (including phenoxy) is 3. The van der Waals surface area contributed by atoms with E-state index < -0.39 is 0 Å². The molecular weight excluding hydrogens is 352 g/mol. The van der Waals surface area contributed by atoms with E-state index >= 15 is 0 Å². The van der Waals surface area contributed by atoms with Crippen LogP contribution in [0.2, 0.25) is 0 Å². The van der Waals surface area contributed by atoms with Gasteiger partial charge in [-0.2, -0.15) is 0 Å². The molecule has 2 saturated heterocycles. The predicted molar refractivity (Wildman–Crippen MR) is 110 cm³/mol. The maximum absolute atomic E-state index is 6.31. The van der Waals surface area contributed by atoms with Gasteiger partial charge in [-0.05, 0) is 35.4 Å². The quantitative estimate of drug-likeness (QED) is 0.764. The summed E-state index contributed by atoms with van der Waals surface area (Å²) >= 11 is 0. The van der Waals surface area contributed by atoms with Gasteiger partial charge in [0, 0.05) is 45.6 Å². The lowest BCUT2D eigenvalue weighted by Gasteiger charge is -2.43. The summed E-state index contributed by atoms with van der Waals surface area (Å²) in [5.74, 6) is 1.84. The highest BCUT2D eigenvalue weighted by Gasteiger charge is 2.44. The molecule has 2 aromatic carbocycles. The minimum absolute atomic E-state index is 0.117. The third kappa shape index (κ3) is 4.17. The highest BCUT2D eigenvalue weighted by Crippen LogP contribution is 2.36. The number of benzene rings is 2. The Kier molecular flexibility index (Phi) is 5.85. The Labute approximate surface area is 167 Å². The van der Waals surface area contributed by atoms with Gasteiger partial charge in [0.25, 0.3) is 0 Å². The maximum atomic E-state index is 6.31. The molecule has 5 heteroatoms. The van der Waals surface area contributed by atoms with Crippen LogP contribution < -0.4 is 9.47 Å². The Bertz CT molecular complexity index is 787. The molecule has 2 aliphatic heterocycles. The summed E-state index contributed by atoms with van der Waals surface area (Å²) in [5.41, 5.74) is 2.47. The first kappa shape index (κ1) is 19.2. The summed E-state index contributed by atoms with van der Waals surface area (Å²) in [5, 5.41) is 0. The maximum Gasteiger partial charge on any atom is 0.124 e. The zero-order chi connectivity index (χ0) is 19.4. The average molecular weight is 383 g/mol. The van der Waals surface area contributed by atoms with E-state index in [0.717, 1.165) is 63.7 Å². The molecule has 0 amide bonds. The van der Waals surface area contributed by atoms with Crippen molar-refractivity contribution >= 4 is 0 Å². The lowest BCUT2D eigenvalue weighted by Crippen LogP contribution is -2.52. The summed E-state index contributed by atoms with van der Waals surface area (Å²) in [7, 11) is 3.44. The van der Waals surface area contributed by atoms with E-state index in [1.807, 2.05) is 12.1 Å². The van der Waals surface area contributed by atoms with Crippen molar-refractivity contribution in [1.82, 2.24) is 9.80 Å². The minimum atomic E-state index is -0.117. The standard InChI is InChI=1S/C23H30N2O3/c1-26-21-7-3-5-19(15-21)17-24-11-9-23(10-12-24)25(13-14-28-23)18-20-6-4-8-22(16-20)27-2/h3-8,15-16H,9-14,17-18H2,1-2H3. The van der Waals surface area contributed by atoms with Crippen LogP contribution in [-0.2, 0) is 17.8 Å². The second-order valence-electron chi connectivity index (χ2n) is 7.70. The first-order valence-corrected chi connectivity index (χ1v) is 10.1. The van der Waals surface area contributed by atoms with Gasteiger partial charge >= 0.3 is 0 Å². The highest BCUT2D eigenvalue weighted by molar-refractivity contribution is 5.29. The van der Waals surface area contributed by atoms with Crippen molar-refractivity contribution in [2.24, 2.45) is 0 Å². The fraction of sp³-hybridized carbons (Fsp3) is 0.478. The number of methoxy groups -OCH3 is 2. The van der Waals surface area contributed by atoms with Crippen molar-refractivity contribution in [3.63, 3.8) is 0 Å². The number of rotatable bonds is 6. The number of nitrogens with zero attached hydrogens (tertiary/aromatic N) is 2. The van der Waals surface area contributed by atoms with Gasteiger partial charge in [-0.15, -0.1) is 0 Å². The Morgan fingerprint density at radius 1 is 0.857 bits per heavy atom. The second-order valence-corrected chi connectivity index (χ2v) is 7.70. The molecule has 2 heterocycles. The van der Waals surface area contributed by atoms with E-state index in [9.17, 15) is 0 Å². The predicted octanol–water partition coefficient (Wildman–Crippen LogP) is 3.53. The first-order valence-electron chi connectivity index (χ1n) is 10.1. The van der Waals surface area contributed by atoms with E-state index in [-0.39, 0.29) is 5.72 Å². The summed E-state index contributed by atoms with van der Waals surface area (Å²) in [4.78, 5) is 5.04. The van der Waals surface area contributed by atoms with E-state index in [1.54, 1.807) is 14.2 Å². The summed E-state index contributed by atoms with van der Waals surface area (Å²) < 4.78 is 17.0. The molecule has 0 saturated carbocycles. The zero-order valence-corrected chi connectivity index (χ0v) is 16.9. The number of hydrogen-bond donors (Lipinski definition) is 0. The molecule has 0 aliphatic carbocycles. The molecule has 2 aromatic rings. The van der Waals surface area contributed by atoms with Crippen LogP contribution in [0.4, 0.5) is 0 Å². The molecule has 0 unspecified atom stereocenters. The third-order valence-corrected chi connectivity index (χ3v) is 5.99. The van der Waals surface area contributed by atoms with Crippen LogP contribution in [-0.4, -0.2) is 56.0 Å². The topological polar surface area (TPSA) is 34.2 Å². The van der Waals surface area contributed by atoms with Crippen LogP contribution in [0.1, 0.15) is 24.0 Å². The van der Waals surface area contributed by atoms with Gasteiger partial charge in [0.1, 0.15) is 17.2 Å². The lowest BCUT2D eigenvalue weighted by molar-refractivity contribution is -0.123. The van der Waals surface area contributed by atoms with E-state index in [0.29, 0.717) is 0 Å². The fourth-order valence-electron chi connectivity index (χ4n) is 4.41. The van der Waals surface area contributed by atoms with Crippen molar-refractivity contribution < 1.29 is 14.2 Å². The van der Waals surface area contributed by atoms with Crippen molar-refractivity contribution in [2.45, 2.75) is 31.7 Å². The summed E-state index contributed by atoms with van der Waals surface area (Å²) in [6, 6.07) is 16.7. The van der Waals surface area contributed by atoms with Gasteiger partial charge in [-0.3, -0.25) is 9.80 Å². The van der Waals surface area contributed by atoms with Crippen LogP contribution in [0.25, 0.3) is 0 Å². The molecule has 28 heavy (non-hydrogen) atoms. The smallest absolute Gasteiger partial charge is 0.124 e. The molecule has 0 atom stereocenters. The van der Waals surface area contributed by atoms with Gasteiger partial charge in [0.15, 0.2) is 0 Å². The van der Waals surface area contributed by atoms with Gasteiger partial charge < -0.3 is 14.2 Å². The molecule has 0 radical (unpaired) electrons. The van der Waals surface area contributed by atoms with E-state index in [4.69, 9.17) is 14.2 Å². The molecule has 0 bridgehead atoms. The average Bonchev–Trinajstić information content (AvgIpc) is 3.12. The monoisotopic (exact) mass is 382 g/mol. The van der Waals surface area contributed by atoms with Gasteiger partial charge in [0.2, 0.25) is 0 Å². The second kappa shape index (κ2) is 8.52. The summed E-state index contributed by atoms with van der Waals surface area (Å²) in [6.45, 7) is 5.78. The molecule has 0 aromatic heterocycles. The first-order chi connectivity index (χ1) is 13.7. The van der Waals surface area contributed by atoms with Crippen LogP contribution in [0.5, 0.6) is 11.5 Å². The molecule has 150 valence electrons. The van der Waals surface area contributed by atoms with Gasteiger partial charge in [-0.25, -0.2) is 0 Å². The van der Waals surface area contributed by atoms with Crippen LogP contribution >= 0.6 is 0 Å². The van der Waals surface area contributed by atoms with Gasteiger partial charge in [0.05, 0.1) is 20.8 Å². The Morgan fingerprint density at radius 2 is 1.46 bits per heavy atom. The Morgan fingerprint density at radius 3 is 2.07 bits per heavy atom. The Balaban J connectivity index is 1.37. The zero-order valence-electron chi connectivity index (χ0n) is 16.9. The van der Waals surface area contributed by atoms with Crippen LogP contribution in [0.3, 0.4) is 0 Å². The lowest BCUT2D eigenvalue weighted by atomic mass is 9.97. The number of hydrogen-bond acceptors (Lipinski definition) is 5. The van der Waals surface area contributed by atoms with Crippen LogP contribution in [0, 0.1) is 0 Å². The molecular formula is C23H30N2O3. The van der Waals surface area contributed by atoms with Crippen molar-refractivity contribution in [2.75, 3.05) is 40.5 Å². The normalized spacial score (nSPS) is 19.8. The largest absolute Gasteiger partial charge is 0.497 e. The highest BCUT2D eigenvalue weighted by atomic mass is 16.5. The minimum Gasteiger partial charge on any atom is -0.497 e.